The quantitative estimate of drug-likeness (QED) is 0.567. The first kappa shape index (κ1) is 22.5. The van der Waals surface area contributed by atoms with Crippen LogP contribution in [0.5, 0.6) is 0 Å². The van der Waals surface area contributed by atoms with E-state index in [4.69, 9.17) is 0 Å². The topological polar surface area (TPSA) is 100 Å². The molecule has 0 atom stereocenters. The van der Waals surface area contributed by atoms with Crippen LogP contribution in [-0.2, 0) is 6.54 Å². The molecule has 3 N–H and O–H groups in total. The zero-order valence-electron chi connectivity index (χ0n) is 17.6. The Kier molecular flexibility index (Phi) is 7.41. The van der Waals surface area contributed by atoms with Gasteiger partial charge in [-0.05, 0) is 18.4 Å². The normalized spacial score (nSPS) is 15.1. The minimum absolute atomic E-state index is 0.0802. The Labute approximate surface area is 181 Å². The summed E-state index contributed by atoms with van der Waals surface area (Å²) in [5.41, 5.74) is -0.857. The largest absolute Gasteiger partial charge is 0.388 e. The molecule has 1 saturated carbocycles. The van der Waals surface area contributed by atoms with Gasteiger partial charge in [-0.2, -0.15) is 0 Å². The predicted octanol–water partition coefficient (Wildman–Crippen LogP) is 2.24. The lowest BCUT2D eigenvalue weighted by Crippen LogP contribution is -2.45. The highest BCUT2D eigenvalue weighted by atomic mass is 16.3. The molecule has 0 aliphatic heterocycles. The molecule has 7 nitrogen and oxygen atoms in total. The molecule has 2 amide bonds. The molecule has 1 aliphatic rings. The number of aromatic nitrogens is 1. The second-order valence-corrected chi connectivity index (χ2v) is 8.04. The molecular weight excluding hydrogens is 394 g/mol. The van der Waals surface area contributed by atoms with Gasteiger partial charge in [0, 0.05) is 32.0 Å². The first-order valence-electron chi connectivity index (χ1n) is 10.6. The number of hydrogen-bond acceptors (Lipinski definition) is 4. The Morgan fingerprint density at radius 2 is 1.65 bits per heavy atom. The van der Waals surface area contributed by atoms with Crippen LogP contribution in [0.25, 0.3) is 0 Å². The van der Waals surface area contributed by atoms with Crippen LogP contribution in [0.4, 0.5) is 0 Å². The first-order valence-corrected chi connectivity index (χ1v) is 10.6. The molecule has 31 heavy (non-hydrogen) atoms. The van der Waals surface area contributed by atoms with Crippen LogP contribution < -0.4 is 16.1 Å². The average molecular weight is 424 g/mol. The molecule has 0 spiro atoms. The number of aliphatic hydroxyl groups is 1. The number of nitrogens with one attached hydrogen (secondary N) is 2. The van der Waals surface area contributed by atoms with Gasteiger partial charge in [-0.15, -0.1) is 6.58 Å². The van der Waals surface area contributed by atoms with Gasteiger partial charge in [0.05, 0.1) is 5.60 Å². The van der Waals surface area contributed by atoms with E-state index in [9.17, 15) is 19.5 Å². The van der Waals surface area contributed by atoms with E-state index in [1.807, 2.05) is 30.3 Å². The lowest BCUT2D eigenvalue weighted by atomic mass is 9.85. The molecule has 1 aromatic heterocycles. The summed E-state index contributed by atoms with van der Waals surface area (Å²) < 4.78 is 1.66. The zero-order valence-corrected chi connectivity index (χ0v) is 17.6. The minimum Gasteiger partial charge on any atom is -0.388 e. The molecule has 1 fully saturated rings. The Morgan fingerprint density at radius 1 is 1.03 bits per heavy atom. The molecule has 164 valence electrons. The van der Waals surface area contributed by atoms with Gasteiger partial charge in [0.25, 0.3) is 11.8 Å². The van der Waals surface area contributed by atoms with E-state index in [0.717, 1.165) is 24.8 Å². The Morgan fingerprint density at radius 3 is 2.26 bits per heavy atom. The van der Waals surface area contributed by atoms with Crippen molar-refractivity contribution in [2.24, 2.45) is 0 Å². The van der Waals surface area contributed by atoms with Crippen LogP contribution in [-0.4, -0.2) is 40.2 Å². The SMILES string of the molecule is C=CCNC(=O)c1cn(Cc2ccccc2)cc(C(=O)NCC2(O)CCCCC2)c1=O. The highest BCUT2D eigenvalue weighted by Gasteiger charge is 2.30. The summed E-state index contributed by atoms with van der Waals surface area (Å²) in [5, 5.41) is 15.9. The lowest BCUT2D eigenvalue weighted by Gasteiger charge is -2.32. The number of carbonyl (C=O) groups excluding carboxylic acids is 2. The van der Waals surface area contributed by atoms with E-state index >= 15 is 0 Å². The Bertz CT molecular complexity index is 992. The fraction of sp³-hybridized carbons (Fsp3) is 0.375. The predicted molar refractivity (Wildman–Crippen MR) is 119 cm³/mol. The van der Waals surface area contributed by atoms with Crippen LogP contribution in [0.3, 0.4) is 0 Å². The summed E-state index contributed by atoms with van der Waals surface area (Å²) in [6.07, 6.45) is 8.57. The van der Waals surface area contributed by atoms with Gasteiger partial charge >= 0.3 is 0 Å². The molecule has 3 rings (SSSR count). The van der Waals surface area contributed by atoms with Gasteiger partial charge in [0.2, 0.25) is 5.43 Å². The van der Waals surface area contributed by atoms with Crippen molar-refractivity contribution in [3.05, 3.63) is 82.3 Å². The van der Waals surface area contributed by atoms with Crippen molar-refractivity contribution in [3.63, 3.8) is 0 Å². The highest BCUT2D eigenvalue weighted by Crippen LogP contribution is 2.27. The monoisotopic (exact) mass is 423 g/mol. The maximum atomic E-state index is 12.9. The summed E-state index contributed by atoms with van der Waals surface area (Å²) >= 11 is 0. The van der Waals surface area contributed by atoms with Crippen molar-refractivity contribution in [1.29, 1.82) is 0 Å². The number of rotatable bonds is 8. The molecule has 2 aromatic rings. The van der Waals surface area contributed by atoms with E-state index in [1.165, 1.54) is 18.5 Å². The van der Waals surface area contributed by atoms with Gasteiger partial charge in [0.15, 0.2) is 0 Å². The van der Waals surface area contributed by atoms with Crippen LogP contribution in [0.1, 0.15) is 58.4 Å². The third-order valence-electron chi connectivity index (χ3n) is 5.55. The molecule has 1 heterocycles. The summed E-state index contributed by atoms with van der Waals surface area (Å²) in [7, 11) is 0. The van der Waals surface area contributed by atoms with Gasteiger partial charge in [0.1, 0.15) is 11.1 Å². The van der Waals surface area contributed by atoms with Crippen LogP contribution in [0.2, 0.25) is 0 Å². The van der Waals surface area contributed by atoms with E-state index < -0.39 is 22.8 Å². The minimum atomic E-state index is -0.948. The maximum absolute atomic E-state index is 12.9. The van der Waals surface area contributed by atoms with Crippen molar-refractivity contribution in [2.75, 3.05) is 13.1 Å². The van der Waals surface area contributed by atoms with Crippen molar-refractivity contribution in [2.45, 2.75) is 44.2 Å². The molecular formula is C24H29N3O4. The van der Waals surface area contributed by atoms with E-state index in [2.05, 4.69) is 17.2 Å². The summed E-state index contributed by atoms with van der Waals surface area (Å²) in [5.74, 6) is -1.16. The molecule has 0 unspecified atom stereocenters. The fourth-order valence-electron chi connectivity index (χ4n) is 3.83. The molecule has 0 saturated heterocycles. The van der Waals surface area contributed by atoms with E-state index in [0.29, 0.717) is 19.4 Å². The van der Waals surface area contributed by atoms with Crippen LogP contribution >= 0.6 is 0 Å². The maximum Gasteiger partial charge on any atom is 0.257 e. The number of carbonyl (C=O) groups is 2. The van der Waals surface area contributed by atoms with Crippen molar-refractivity contribution >= 4 is 11.8 Å². The fourth-order valence-corrected chi connectivity index (χ4v) is 3.83. The van der Waals surface area contributed by atoms with Crippen LogP contribution in [0, 0.1) is 0 Å². The Hall–Kier alpha value is -3.19. The third kappa shape index (κ3) is 5.92. The van der Waals surface area contributed by atoms with Crippen molar-refractivity contribution in [1.82, 2.24) is 15.2 Å². The highest BCUT2D eigenvalue weighted by molar-refractivity contribution is 5.99. The van der Waals surface area contributed by atoms with Crippen LogP contribution in [0.15, 0.2) is 60.2 Å². The number of amides is 2. The molecule has 0 bridgehead atoms. The van der Waals surface area contributed by atoms with Crippen molar-refractivity contribution in [3.8, 4) is 0 Å². The van der Waals surface area contributed by atoms with Gasteiger partial charge < -0.3 is 20.3 Å². The van der Waals surface area contributed by atoms with Crippen molar-refractivity contribution < 1.29 is 14.7 Å². The molecule has 0 radical (unpaired) electrons. The molecule has 7 heteroatoms. The second kappa shape index (κ2) is 10.2. The van der Waals surface area contributed by atoms with Gasteiger partial charge in [-0.1, -0.05) is 55.7 Å². The second-order valence-electron chi connectivity index (χ2n) is 8.04. The Balaban J connectivity index is 1.88. The summed E-state index contributed by atoms with van der Waals surface area (Å²) in [4.78, 5) is 38.3. The summed E-state index contributed by atoms with van der Waals surface area (Å²) in [6, 6.07) is 9.54. The average Bonchev–Trinajstić information content (AvgIpc) is 2.78. The smallest absolute Gasteiger partial charge is 0.257 e. The van der Waals surface area contributed by atoms with Gasteiger partial charge in [-0.3, -0.25) is 14.4 Å². The molecule has 1 aromatic carbocycles. The van der Waals surface area contributed by atoms with E-state index in [1.54, 1.807) is 4.57 Å². The first-order chi connectivity index (χ1) is 14.9. The third-order valence-corrected chi connectivity index (χ3v) is 5.55. The summed E-state index contributed by atoms with van der Waals surface area (Å²) in [6.45, 7) is 4.24. The lowest BCUT2D eigenvalue weighted by molar-refractivity contribution is 0.00523. The molecule has 1 aliphatic carbocycles. The standard InChI is InChI=1S/C24H29N3O4/c1-2-13-25-22(29)19-15-27(14-18-9-5-3-6-10-18)16-20(21(19)28)23(30)26-17-24(31)11-7-4-8-12-24/h2-3,5-6,9-10,15-16,31H,1,4,7-8,11-14,17H2,(H,25,29)(H,26,30). The van der Waals surface area contributed by atoms with E-state index in [-0.39, 0.29) is 24.2 Å². The number of nitrogens with zero attached hydrogens (tertiary/aromatic N) is 1. The zero-order chi connectivity index (χ0) is 22.3. The van der Waals surface area contributed by atoms with Gasteiger partial charge in [-0.25, -0.2) is 0 Å². The number of pyridine rings is 1. The number of hydrogen-bond donors (Lipinski definition) is 3. The number of benzene rings is 1.